The first kappa shape index (κ1) is 19.6. The Kier molecular flexibility index (Phi) is 4.50. The molecule has 5 rings (SSSR count). The average Bonchev–Trinajstić information content (AvgIpc) is 3.22. The molecule has 1 fully saturated rings. The lowest BCUT2D eigenvalue weighted by Gasteiger charge is -2.28. The van der Waals surface area contributed by atoms with E-state index in [9.17, 15) is 9.59 Å². The van der Waals surface area contributed by atoms with Gasteiger partial charge in [0, 0.05) is 17.6 Å². The maximum absolute atomic E-state index is 13.2. The van der Waals surface area contributed by atoms with Gasteiger partial charge in [0.1, 0.15) is 11.6 Å². The normalized spacial score (nSPS) is 17.0. The van der Waals surface area contributed by atoms with Gasteiger partial charge in [0.05, 0.1) is 0 Å². The Morgan fingerprint density at radius 2 is 1.58 bits per heavy atom. The highest BCUT2D eigenvalue weighted by Crippen LogP contribution is 2.37. The number of ether oxygens (including phenoxy) is 1. The van der Waals surface area contributed by atoms with E-state index < -0.39 is 17.7 Å². The second-order valence-electron chi connectivity index (χ2n) is 9.29. The van der Waals surface area contributed by atoms with Gasteiger partial charge in [-0.15, -0.1) is 0 Å². The number of nitrogens with zero attached hydrogens (tertiary/aromatic N) is 1. The zero-order chi connectivity index (χ0) is 21.8. The molecule has 2 amide bonds. The molecule has 5 heteroatoms. The zero-order valence-corrected chi connectivity index (χ0v) is 18.1. The quantitative estimate of drug-likeness (QED) is 0.414. The highest BCUT2D eigenvalue weighted by atomic mass is 16.6. The molecule has 1 aliphatic rings. The smallest absolute Gasteiger partial charge is 0.410 e. The lowest BCUT2D eigenvalue weighted by Crippen LogP contribution is -2.45. The van der Waals surface area contributed by atoms with Crippen molar-refractivity contribution in [2.24, 2.45) is 0 Å². The molecule has 0 unspecified atom stereocenters. The fourth-order valence-corrected chi connectivity index (χ4v) is 4.64. The summed E-state index contributed by atoms with van der Waals surface area (Å²) in [5.41, 5.74) is 0.180. The molecule has 0 aliphatic carbocycles. The van der Waals surface area contributed by atoms with Crippen LogP contribution in [0, 0.1) is 0 Å². The number of hydrogen-bond donors (Lipinski definition) is 1. The molecule has 0 bridgehead atoms. The first-order valence-corrected chi connectivity index (χ1v) is 10.8. The second-order valence-corrected chi connectivity index (χ2v) is 9.29. The number of carbonyl (C=O) groups is 2. The van der Waals surface area contributed by atoms with E-state index in [0.29, 0.717) is 13.0 Å². The van der Waals surface area contributed by atoms with Crippen LogP contribution in [0.5, 0.6) is 0 Å². The fourth-order valence-electron chi connectivity index (χ4n) is 4.64. The number of likely N-dealkylation sites (tertiary alicyclic amines) is 1. The summed E-state index contributed by atoms with van der Waals surface area (Å²) >= 11 is 0. The van der Waals surface area contributed by atoms with E-state index in [1.165, 1.54) is 16.2 Å². The van der Waals surface area contributed by atoms with Crippen LogP contribution in [0.25, 0.3) is 32.3 Å². The molecule has 1 atom stereocenters. The molecule has 4 aromatic rings. The Hall–Kier alpha value is -3.34. The van der Waals surface area contributed by atoms with Crippen LogP contribution in [-0.4, -0.2) is 35.1 Å². The van der Waals surface area contributed by atoms with Crippen LogP contribution in [0.15, 0.2) is 54.6 Å². The van der Waals surface area contributed by atoms with E-state index in [2.05, 4.69) is 47.8 Å². The van der Waals surface area contributed by atoms with Crippen molar-refractivity contribution >= 4 is 50.0 Å². The summed E-state index contributed by atoms with van der Waals surface area (Å²) in [5.74, 6) is -0.168. The van der Waals surface area contributed by atoms with Gasteiger partial charge in [-0.05, 0) is 66.6 Å². The predicted molar refractivity (Wildman–Crippen MR) is 125 cm³/mol. The van der Waals surface area contributed by atoms with E-state index in [1.54, 1.807) is 4.90 Å². The van der Waals surface area contributed by atoms with Crippen molar-refractivity contribution in [3.8, 4) is 0 Å². The highest BCUT2D eigenvalue weighted by molar-refractivity contribution is 6.26. The maximum atomic E-state index is 13.2. The number of carbonyl (C=O) groups excluding carboxylic acids is 2. The minimum atomic E-state index is -0.591. The first-order valence-electron chi connectivity index (χ1n) is 10.8. The number of nitrogens with one attached hydrogen (secondary N) is 1. The van der Waals surface area contributed by atoms with Gasteiger partial charge in [0.2, 0.25) is 5.91 Å². The third kappa shape index (κ3) is 3.44. The van der Waals surface area contributed by atoms with Crippen molar-refractivity contribution in [1.82, 2.24) is 4.90 Å². The summed E-state index contributed by atoms with van der Waals surface area (Å²) in [4.78, 5) is 27.3. The largest absolute Gasteiger partial charge is 0.444 e. The van der Waals surface area contributed by atoms with Gasteiger partial charge in [-0.2, -0.15) is 0 Å². The van der Waals surface area contributed by atoms with Crippen molar-refractivity contribution < 1.29 is 14.3 Å². The van der Waals surface area contributed by atoms with Gasteiger partial charge in [-0.1, -0.05) is 48.5 Å². The van der Waals surface area contributed by atoms with Crippen LogP contribution in [0.4, 0.5) is 10.5 Å². The summed E-state index contributed by atoms with van der Waals surface area (Å²) in [6, 6.07) is 18.2. The third-order valence-electron chi connectivity index (χ3n) is 5.97. The highest BCUT2D eigenvalue weighted by Gasteiger charge is 2.36. The third-order valence-corrected chi connectivity index (χ3v) is 5.97. The van der Waals surface area contributed by atoms with Crippen LogP contribution in [-0.2, 0) is 9.53 Å². The van der Waals surface area contributed by atoms with Crippen molar-refractivity contribution in [3.63, 3.8) is 0 Å². The molecule has 5 nitrogen and oxygen atoms in total. The Balaban J connectivity index is 1.49. The van der Waals surface area contributed by atoms with E-state index in [1.807, 2.05) is 32.9 Å². The lowest BCUT2D eigenvalue weighted by molar-refractivity contribution is -0.120. The molecular formula is C26H26N2O3. The standard InChI is InChI=1S/C26H26N2O3/c1-26(2,3)31-25(30)28-15-5-8-21(28)24(29)27-20-14-12-18-10-9-16-6-4-7-17-11-13-19(20)23(18)22(16)17/h4,6-7,9-14,21H,5,8,15H2,1-3H3,(H,27,29)/t21-/m1/s1. The molecule has 1 heterocycles. The monoisotopic (exact) mass is 414 g/mol. The van der Waals surface area contributed by atoms with Crippen LogP contribution in [0.2, 0.25) is 0 Å². The van der Waals surface area contributed by atoms with Crippen molar-refractivity contribution in [2.75, 3.05) is 11.9 Å². The molecule has 1 saturated heterocycles. The van der Waals surface area contributed by atoms with Gasteiger partial charge in [0.25, 0.3) is 0 Å². The van der Waals surface area contributed by atoms with Gasteiger partial charge in [-0.3, -0.25) is 9.69 Å². The SMILES string of the molecule is CC(C)(C)OC(=O)N1CCC[C@@H]1C(=O)Nc1ccc2ccc3cccc4ccc1c2c34. The molecule has 31 heavy (non-hydrogen) atoms. The van der Waals surface area contributed by atoms with Gasteiger partial charge < -0.3 is 10.1 Å². The summed E-state index contributed by atoms with van der Waals surface area (Å²) in [7, 11) is 0. The van der Waals surface area contributed by atoms with E-state index in [4.69, 9.17) is 4.74 Å². The molecule has 0 spiro atoms. The topological polar surface area (TPSA) is 58.6 Å². The molecule has 0 saturated carbocycles. The Morgan fingerprint density at radius 3 is 2.29 bits per heavy atom. The molecule has 4 aromatic carbocycles. The summed E-state index contributed by atoms with van der Waals surface area (Å²) in [6.07, 6.45) is 0.993. The maximum Gasteiger partial charge on any atom is 0.410 e. The fraction of sp³-hybridized carbons (Fsp3) is 0.308. The second kappa shape index (κ2) is 7.12. The molecule has 158 valence electrons. The van der Waals surface area contributed by atoms with Crippen molar-refractivity contribution in [3.05, 3.63) is 54.6 Å². The molecule has 0 aromatic heterocycles. The number of benzene rings is 4. The van der Waals surface area contributed by atoms with E-state index >= 15 is 0 Å². The van der Waals surface area contributed by atoms with Crippen LogP contribution in [0.1, 0.15) is 33.6 Å². The molecule has 0 radical (unpaired) electrons. The van der Waals surface area contributed by atoms with Crippen molar-refractivity contribution in [2.45, 2.75) is 45.3 Å². The number of hydrogen-bond acceptors (Lipinski definition) is 3. The van der Waals surface area contributed by atoms with Gasteiger partial charge >= 0.3 is 6.09 Å². The number of anilines is 1. The Morgan fingerprint density at radius 1 is 0.935 bits per heavy atom. The molecule has 1 aliphatic heterocycles. The number of rotatable bonds is 2. The van der Waals surface area contributed by atoms with E-state index in [-0.39, 0.29) is 5.91 Å². The Labute approximate surface area is 181 Å². The van der Waals surface area contributed by atoms with Crippen molar-refractivity contribution in [1.29, 1.82) is 0 Å². The van der Waals surface area contributed by atoms with E-state index in [0.717, 1.165) is 28.3 Å². The van der Waals surface area contributed by atoms with Gasteiger partial charge in [-0.25, -0.2) is 4.79 Å². The van der Waals surface area contributed by atoms with Crippen LogP contribution < -0.4 is 5.32 Å². The minimum absolute atomic E-state index is 0.168. The average molecular weight is 415 g/mol. The number of amides is 2. The summed E-state index contributed by atoms with van der Waals surface area (Å²) < 4.78 is 5.51. The summed E-state index contributed by atoms with van der Waals surface area (Å²) in [5, 5.41) is 10.00. The molecule has 1 N–H and O–H groups in total. The van der Waals surface area contributed by atoms with Crippen LogP contribution in [0.3, 0.4) is 0 Å². The van der Waals surface area contributed by atoms with Gasteiger partial charge in [0.15, 0.2) is 0 Å². The first-order chi connectivity index (χ1) is 14.8. The summed E-state index contributed by atoms with van der Waals surface area (Å²) in [6.45, 7) is 6.04. The van der Waals surface area contributed by atoms with Crippen LogP contribution >= 0.6 is 0 Å². The Bertz CT molecular complexity index is 1290. The lowest BCUT2D eigenvalue weighted by atomic mass is 9.93. The minimum Gasteiger partial charge on any atom is -0.444 e. The molecular weight excluding hydrogens is 388 g/mol. The predicted octanol–water partition coefficient (Wildman–Crippen LogP) is 5.92. The zero-order valence-electron chi connectivity index (χ0n) is 18.1.